The SMILES string of the molecule is CC1(C)CN(C(=O)c2cnc(Cl)c3ccccc23)CCO1. The summed E-state index contributed by atoms with van der Waals surface area (Å²) in [5.74, 6) is -0.0215. The van der Waals surface area contributed by atoms with Gasteiger partial charge in [0.25, 0.3) is 5.91 Å². The van der Waals surface area contributed by atoms with Gasteiger partial charge in [-0.05, 0) is 19.2 Å². The van der Waals surface area contributed by atoms with Gasteiger partial charge in [0.2, 0.25) is 0 Å². The molecule has 1 amide bonds. The summed E-state index contributed by atoms with van der Waals surface area (Å²) >= 11 is 6.11. The van der Waals surface area contributed by atoms with Gasteiger partial charge in [0, 0.05) is 24.7 Å². The Morgan fingerprint density at radius 2 is 2.05 bits per heavy atom. The molecule has 0 unspecified atom stereocenters. The lowest BCUT2D eigenvalue weighted by atomic mass is 10.0. The van der Waals surface area contributed by atoms with E-state index in [9.17, 15) is 4.79 Å². The van der Waals surface area contributed by atoms with Crippen LogP contribution >= 0.6 is 11.6 Å². The third kappa shape index (κ3) is 2.74. The van der Waals surface area contributed by atoms with Crippen LogP contribution in [-0.2, 0) is 4.74 Å². The monoisotopic (exact) mass is 304 g/mol. The van der Waals surface area contributed by atoms with Crippen molar-refractivity contribution in [1.82, 2.24) is 9.88 Å². The highest BCUT2D eigenvalue weighted by Gasteiger charge is 2.31. The molecular formula is C16H17ClN2O2. The van der Waals surface area contributed by atoms with E-state index in [1.807, 2.05) is 43.0 Å². The highest BCUT2D eigenvalue weighted by molar-refractivity contribution is 6.34. The van der Waals surface area contributed by atoms with E-state index < -0.39 is 0 Å². The number of hydrogen-bond acceptors (Lipinski definition) is 3. The molecule has 1 aromatic heterocycles. The minimum absolute atomic E-state index is 0.0215. The number of aromatic nitrogens is 1. The topological polar surface area (TPSA) is 42.4 Å². The third-order valence-electron chi connectivity index (χ3n) is 3.69. The predicted octanol–water partition coefficient (Wildman–Crippen LogP) is 3.14. The Morgan fingerprint density at radius 3 is 2.76 bits per heavy atom. The maximum absolute atomic E-state index is 12.8. The second-order valence-corrected chi connectivity index (χ2v) is 6.20. The van der Waals surface area contributed by atoms with E-state index in [0.717, 1.165) is 10.8 Å². The fourth-order valence-corrected chi connectivity index (χ4v) is 2.90. The van der Waals surface area contributed by atoms with Crippen LogP contribution in [0.25, 0.3) is 10.8 Å². The highest BCUT2D eigenvalue weighted by atomic mass is 35.5. The van der Waals surface area contributed by atoms with Crippen LogP contribution in [0, 0.1) is 0 Å². The van der Waals surface area contributed by atoms with Crippen molar-refractivity contribution < 1.29 is 9.53 Å². The van der Waals surface area contributed by atoms with Crippen molar-refractivity contribution in [3.63, 3.8) is 0 Å². The molecule has 3 rings (SSSR count). The van der Waals surface area contributed by atoms with E-state index in [1.54, 1.807) is 6.20 Å². The van der Waals surface area contributed by atoms with Gasteiger partial charge in [-0.1, -0.05) is 35.9 Å². The number of rotatable bonds is 1. The number of benzene rings is 1. The van der Waals surface area contributed by atoms with Gasteiger partial charge < -0.3 is 9.64 Å². The van der Waals surface area contributed by atoms with E-state index in [2.05, 4.69) is 4.98 Å². The zero-order chi connectivity index (χ0) is 15.0. The molecule has 1 aromatic carbocycles. The van der Waals surface area contributed by atoms with Gasteiger partial charge in [0.1, 0.15) is 5.15 Å². The number of hydrogen-bond donors (Lipinski definition) is 0. The molecule has 110 valence electrons. The Labute approximate surface area is 128 Å². The Kier molecular flexibility index (Phi) is 3.59. The number of carbonyl (C=O) groups excluding carboxylic acids is 1. The number of morpholine rings is 1. The lowest BCUT2D eigenvalue weighted by molar-refractivity contribution is -0.0763. The largest absolute Gasteiger partial charge is 0.372 e. The van der Waals surface area contributed by atoms with Crippen LogP contribution in [0.4, 0.5) is 0 Å². The van der Waals surface area contributed by atoms with Crippen LogP contribution in [0.2, 0.25) is 5.15 Å². The number of ether oxygens (including phenoxy) is 1. The summed E-state index contributed by atoms with van der Waals surface area (Å²) < 4.78 is 5.66. The molecule has 0 bridgehead atoms. The quantitative estimate of drug-likeness (QED) is 0.760. The maximum Gasteiger partial charge on any atom is 0.256 e. The second-order valence-electron chi connectivity index (χ2n) is 5.84. The van der Waals surface area contributed by atoms with Gasteiger partial charge in [-0.2, -0.15) is 0 Å². The fourth-order valence-electron chi connectivity index (χ4n) is 2.69. The number of halogens is 1. The molecule has 0 aliphatic carbocycles. The Bertz CT molecular complexity index is 700. The minimum atomic E-state index is -0.316. The number of carbonyl (C=O) groups is 1. The minimum Gasteiger partial charge on any atom is -0.372 e. The van der Waals surface area contributed by atoms with Crippen LogP contribution in [0.1, 0.15) is 24.2 Å². The van der Waals surface area contributed by atoms with Gasteiger partial charge in [-0.25, -0.2) is 4.98 Å². The van der Waals surface area contributed by atoms with E-state index in [-0.39, 0.29) is 11.5 Å². The van der Waals surface area contributed by atoms with E-state index in [1.165, 1.54) is 0 Å². The van der Waals surface area contributed by atoms with Crippen LogP contribution in [-0.4, -0.2) is 41.1 Å². The fraction of sp³-hybridized carbons (Fsp3) is 0.375. The van der Waals surface area contributed by atoms with E-state index in [0.29, 0.717) is 30.4 Å². The number of pyridine rings is 1. The Balaban J connectivity index is 2.01. The number of fused-ring (bicyclic) bond motifs is 1. The molecule has 0 atom stereocenters. The Hall–Kier alpha value is -1.65. The molecule has 2 heterocycles. The molecule has 5 heteroatoms. The zero-order valence-electron chi connectivity index (χ0n) is 12.1. The van der Waals surface area contributed by atoms with Crippen molar-refractivity contribution in [2.45, 2.75) is 19.4 Å². The normalized spacial score (nSPS) is 18.0. The smallest absolute Gasteiger partial charge is 0.256 e. The highest BCUT2D eigenvalue weighted by Crippen LogP contribution is 2.26. The van der Waals surface area contributed by atoms with Crippen molar-refractivity contribution in [1.29, 1.82) is 0 Å². The van der Waals surface area contributed by atoms with E-state index in [4.69, 9.17) is 16.3 Å². The van der Waals surface area contributed by atoms with Crippen molar-refractivity contribution in [2.75, 3.05) is 19.7 Å². The van der Waals surface area contributed by atoms with Gasteiger partial charge in [-0.15, -0.1) is 0 Å². The predicted molar refractivity (Wildman–Crippen MR) is 82.7 cm³/mol. The number of amides is 1. The van der Waals surface area contributed by atoms with Crippen molar-refractivity contribution in [3.8, 4) is 0 Å². The van der Waals surface area contributed by atoms with Crippen molar-refractivity contribution >= 4 is 28.3 Å². The summed E-state index contributed by atoms with van der Waals surface area (Å²) in [5.41, 5.74) is 0.275. The first-order valence-corrected chi connectivity index (χ1v) is 7.32. The third-order valence-corrected chi connectivity index (χ3v) is 3.99. The Morgan fingerprint density at radius 1 is 1.33 bits per heavy atom. The van der Waals surface area contributed by atoms with Gasteiger partial charge in [0.05, 0.1) is 17.8 Å². The first kappa shape index (κ1) is 14.3. The molecule has 0 spiro atoms. The summed E-state index contributed by atoms with van der Waals surface area (Å²) in [6, 6.07) is 7.58. The summed E-state index contributed by atoms with van der Waals surface area (Å²) in [4.78, 5) is 18.8. The van der Waals surface area contributed by atoms with E-state index >= 15 is 0 Å². The average Bonchev–Trinajstić information content (AvgIpc) is 2.46. The molecule has 0 N–H and O–H groups in total. The lowest BCUT2D eigenvalue weighted by Gasteiger charge is -2.38. The molecule has 2 aromatic rings. The van der Waals surface area contributed by atoms with Crippen molar-refractivity contribution in [2.24, 2.45) is 0 Å². The summed E-state index contributed by atoms with van der Waals surface area (Å²) in [5, 5.41) is 2.06. The first-order chi connectivity index (χ1) is 9.98. The molecule has 1 aliphatic rings. The first-order valence-electron chi connectivity index (χ1n) is 6.94. The summed E-state index contributed by atoms with van der Waals surface area (Å²) in [6.45, 7) is 5.70. The van der Waals surface area contributed by atoms with Gasteiger partial charge in [-0.3, -0.25) is 4.79 Å². The molecule has 1 fully saturated rings. The molecule has 0 saturated carbocycles. The summed E-state index contributed by atoms with van der Waals surface area (Å²) in [7, 11) is 0. The molecule has 4 nitrogen and oxygen atoms in total. The zero-order valence-corrected chi connectivity index (χ0v) is 12.9. The molecule has 21 heavy (non-hydrogen) atoms. The second kappa shape index (κ2) is 5.28. The lowest BCUT2D eigenvalue weighted by Crippen LogP contribution is -2.50. The van der Waals surface area contributed by atoms with Crippen LogP contribution < -0.4 is 0 Å². The molecule has 1 aliphatic heterocycles. The summed E-state index contributed by atoms with van der Waals surface area (Å²) in [6.07, 6.45) is 1.56. The maximum atomic E-state index is 12.8. The number of nitrogens with zero attached hydrogens (tertiary/aromatic N) is 2. The van der Waals surface area contributed by atoms with Gasteiger partial charge in [0.15, 0.2) is 0 Å². The molecule has 1 saturated heterocycles. The standard InChI is InChI=1S/C16H17ClN2O2/c1-16(2)10-19(7-8-21-16)15(20)13-9-18-14(17)12-6-4-3-5-11(12)13/h3-6,9H,7-8,10H2,1-2H3. The van der Waals surface area contributed by atoms with Crippen molar-refractivity contribution in [3.05, 3.63) is 41.2 Å². The molecule has 0 radical (unpaired) electrons. The molecular weight excluding hydrogens is 288 g/mol. The average molecular weight is 305 g/mol. The van der Waals surface area contributed by atoms with Crippen LogP contribution in [0.5, 0.6) is 0 Å². The van der Waals surface area contributed by atoms with Crippen LogP contribution in [0.3, 0.4) is 0 Å². The van der Waals surface area contributed by atoms with Gasteiger partial charge >= 0.3 is 0 Å². The van der Waals surface area contributed by atoms with Crippen LogP contribution in [0.15, 0.2) is 30.5 Å².